The average molecular weight is 308 g/mol. The van der Waals surface area contributed by atoms with Gasteiger partial charge in [-0.2, -0.15) is 0 Å². The van der Waals surface area contributed by atoms with E-state index in [1.807, 2.05) is 0 Å². The van der Waals surface area contributed by atoms with E-state index in [-0.39, 0.29) is 11.4 Å². The third-order valence-electron chi connectivity index (χ3n) is 2.44. The largest absolute Gasteiger partial charge is 0.393 e. The van der Waals surface area contributed by atoms with Crippen LogP contribution in [0.5, 0.6) is 0 Å². The van der Waals surface area contributed by atoms with Crippen LogP contribution in [0.15, 0.2) is 23.1 Å². The molecule has 1 unspecified atom stereocenters. The molecule has 19 heavy (non-hydrogen) atoms. The fourth-order valence-electron chi connectivity index (χ4n) is 1.48. The smallest absolute Gasteiger partial charge is 0.243 e. The van der Waals surface area contributed by atoms with E-state index in [1.54, 1.807) is 6.92 Å². The Hall–Kier alpha value is -1.12. The molecule has 106 valence electrons. The standard InChI is InChI=1S/C11H14F2N2O2S2/c1-2-8(6-11(14)18)15-19(16,17)10-5-7(12)3-4-9(10)13/h3-5,8,15H,2,6H2,1H3,(H2,14,18). The minimum absolute atomic E-state index is 0.147. The molecule has 1 aromatic carbocycles. The maximum absolute atomic E-state index is 13.4. The van der Waals surface area contributed by atoms with Gasteiger partial charge in [-0.05, 0) is 24.6 Å². The average Bonchev–Trinajstić information content (AvgIpc) is 2.30. The molecular formula is C11H14F2N2O2S2. The number of rotatable bonds is 6. The topological polar surface area (TPSA) is 72.2 Å². The molecule has 0 heterocycles. The molecule has 0 aromatic heterocycles. The van der Waals surface area contributed by atoms with Crippen molar-refractivity contribution in [3.05, 3.63) is 29.8 Å². The maximum Gasteiger partial charge on any atom is 0.243 e. The van der Waals surface area contributed by atoms with Crippen LogP contribution >= 0.6 is 12.2 Å². The molecule has 0 spiro atoms. The molecule has 4 nitrogen and oxygen atoms in total. The summed E-state index contributed by atoms with van der Waals surface area (Å²) in [5, 5.41) is 0. The van der Waals surface area contributed by atoms with Gasteiger partial charge in [-0.15, -0.1) is 0 Å². The van der Waals surface area contributed by atoms with E-state index in [4.69, 9.17) is 18.0 Å². The Bertz CT molecular complexity index is 576. The Labute approximate surface area is 116 Å². The van der Waals surface area contributed by atoms with Crippen LogP contribution in [0, 0.1) is 11.6 Å². The van der Waals surface area contributed by atoms with Crippen LogP contribution in [0.3, 0.4) is 0 Å². The zero-order valence-corrected chi connectivity index (χ0v) is 11.8. The highest BCUT2D eigenvalue weighted by atomic mass is 32.2. The lowest BCUT2D eigenvalue weighted by Gasteiger charge is -2.16. The fourth-order valence-corrected chi connectivity index (χ4v) is 3.09. The summed E-state index contributed by atoms with van der Waals surface area (Å²) in [5.41, 5.74) is 5.34. The Balaban J connectivity index is 3.03. The molecule has 0 bridgehead atoms. The zero-order chi connectivity index (χ0) is 14.6. The van der Waals surface area contributed by atoms with Crippen LogP contribution in [0.25, 0.3) is 0 Å². The second kappa shape index (κ2) is 6.36. The molecule has 0 radical (unpaired) electrons. The van der Waals surface area contributed by atoms with Crippen molar-refractivity contribution in [2.45, 2.75) is 30.7 Å². The van der Waals surface area contributed by atoms with Crippen molar-refractivity contribution in [1.29, 1.82) is 0 Å². The molecule has 0 saturated heterocycles. The quantitative estimate of drug-likeness (QED) is 0.785. The second-order valence-electron chi connectivity index (χ2n) is 3.97. The van der Waals surface area contributed by atoms with E-state index in [0.717, 1.165) is 12.1 Å². The predicted octanol–water partition coefficient (Wildman–Crippen LogP) is 1.70. The minimum atomic E-state index is -4.15. The molecule has 0 aliphatic heterocycles. The van der Waals surface area contributed by atoms with Crippen LogP contribution in [-0.2, 0) is 10.0 Å². The predicted molar refractivity (Wildman–Crippen MR) is 72.2 cm³/mol. The second-order valence-corrected chi connectivity index (χ2v) is 6.18. The summed E-state index contributed by atoms with van der Waals surface area (Å²) in [4.78, 5) is -0.580. The molecule has 0 fully saturated rings. The lowest BCUT2D eigenvalue weighted by molar-refractivity contribution is 0.526. The molecule has 1 rings (SSSR count). The molecule has 1 atom stereocenters. The van der Waals surface area contributed by atoms with E-state index in [0.29, 0.717) is 12.5 Å². The first kappa shape index (κ1) is 15.9. The Morgan fingerprint density at radius 2 is 2.11 bits per heavy atom. The van der Waals surface area contributed by atoms with E-state index in [2.05, 4.69) is 4.72 Å². The van der Waals surface area contributed by atoms with Gasteiger partial charge in [0.15, 0.2) is 0 Å². The lowest BCUT2D eigenvalue weighted by Crippen LogP contribution is -2.37. The van der Waals surface area contributed by atoms with Gasteiger partial charge in [0.2, 0.25) is 10.0 Å². The molecule has 0 saturated carbocycles. The number of hydrogen-bond donors (Lipinski definition) is 2. The van der Waals surface area contributed by atoms with Gasteiger partial charge in [-0.1, -0.05) is 19.1 Å². The maximum atomic E-state index is 13.4. The number of nitrogens with one attached hydrogen (secondary N) is 1. The van der Waals surface area contributed by atoms with Crippen LogP contribution in [0.1, 0.15) is 19.8 Å². The molecule has 3 N–H and O–H groups in total. The summed E-state index contributed by atoms with van der Waals surface area (Å²) < 4.78 is 52.6. The monoisotopic (exact) mass is 308 g/mol. The van der Waals surface area contributed by atoms with E-state index < -0.39 is 32.6 Å². The van der Waals surface area contributed by atoms with Crippen molar-refractivity contribution >= 4 is 27.2 Å². The molecule has 0 aliphatic carbocycles. The van der Waals surface area contributed by atoms with Gasteiger partial charge in [0.25, 0.3) is 0 Å². The third-order valence-corrected chi connectivity index (χ3v) is 4.15. The van der Waals surface area contributed by atoms with Crippen molar-refractivity contribution in [2.24, 2.45) is 5.73 Å². The normalized spacial score (nSPS) is 13.2. The van der Waals surface area contributed by atoms with Crippen LogP contribution in [0.4, 0.5) is 8.78 Å². The van der Waals surface area contributed by atoms with E-state index >= 15 is 0 Å². The summed E-state index contributed by atoms with van der Waals surface area (Å²) in [6.45, 7) is 1.73. The first-order valence-corrected chi connectivity index (χ1v) is 7.41. The Morgan fingerprint density at radius 1 is 1.47 bits per heavy atom. The minimum Gasteiger partial charge on any atom is -0.393 e. The van der Waals surface area contributed by atoms with Crippen molar-refractivity contribution < 1.29 is 17.2 Å². The van der Waals surface area contributed by atoms with Gasteiger partial charge in [0, 0.05) is 12.5 Å². The van der Waals surface area contributed by atoms with Crippen molar-refractivity contribution in [2.75, 3.05) is 0 Å². The number of thiocarbonyl (C=S) groups is 1. The van der Waals surface area contributed by atoms with E-state index in [9.17, 15) is 17.2 Å². The highest BCUT2D eigenvalue weighted by Gasteiger charge is 2.23. The van der Waals surface area contributed by atoms with Gasteiger partial charge in [0.1, 0.15) is 16.5 Å². The summed E-state index contributed by atoms with van der Waals surface area (Å²) in [6.07, 6.45) is 0.579. The van der Waals surface area contributed by atoms with Gasteiger partial charge in [-0.3, -0.25) is 0 Å². The number of nitrogens with two attached hydrogens (primary N) is 1. The van der Waals surface area contributed by atoms with Crippen LogP contribution in [-0.4, -0.2) is 19.4 Å². The summed E-state index contributed by atoms with van der Waals surface area (Å²) in [6, 6.07) is 1.69. The Morgan fingerprint density at radius 3 is 2.63 bits per heavy atom. The van der Waals surface area contributed by atoms with Gasteiger partial charge >= 0.3 is 0 Å². The number of halogens is 2. The fraction of sp³-hybridized carbons (Fsp3) is 0.364. The number of benzene rings is 1. The first-order chi connectivity index (χ1) is 8.76. The van der Waals surface area contributed by atoms with Crippen LogP contribution in [0.2, 0.25) is 0 Å². The van der Waals surface area contributed by atoms with Crippen molar-refractivity contribution in [3.63, 3.8) is 0 Å². The molecule has 1 aromatic rings. The zero-order valence-electron chi connectivity index (χ0n) is 10.2. The van der Waals surface area contributed by atoms with Gasteiger partial charge in [0.05, 0.1) is 4.99 Å². The van der Waals surface area contributed by atoms with Crippen LogP contribution < -0.4 is 10.5 Å². The third kappa shape index (κ3) is 4.48. The number of hydrogen-bond acceptors (Lipinski definition) is 3. The SMILES string of the molecule is CCC(CC(N)=S)NS(=O)(=O)c1cc(F)ccc1F. The summed E-state index contributed by atoms with van der Waals surface area (Å²) >= 11 is 4.70. The van der Waals surface area contributed by atoms with Gasteiger partial charge in [-0.25, -0.2) is 21.9 Å². The highest BCUT2D eigenvalue weighted by molar-refractivity contribution is 7.89. The summed E-state index contributed by atoms with van der Waals surface area (Å²) in [5.74, 6) is -1.84. The van der Waals surface area contributed by atoms with Crippen molar-refractivity contribution in [3.8, 4) is 0 Å². The molecule has 0 aliphatic rings. The molecule has 8 heteroatoms. The lowest BCUT2D eigenvalue weighted by atomic mass is 10.2. The highest BCUT2D eigenvalue weighted by Crippen LogP contribution is 2.16. The Kier molecular flexibility index (Phi) is 5.33. The van der Waals surface area contributed by atoms with Gasteiger partial charge < -0.3 is 5.73 Å². The van der Waals surface area contributed by atoms with E-state index in [1.165, 1.54) is 0 Å². The molecule has 0 amide bonds. The number of sulfonamides is 1. The first-order valence-electron chi connectivity index (χ1n) is 5.52. The molecular weight excluding hydrogens is 294 g/mol. The summed E-state index contributed by atoms with van der Waals surface area (Å²) in [7, 11) is -4.15. The van der Waals surface area contributed by atoms with Crippen molar-refractivity contribution in [1.82, 2.24) is 4.72 Å².